The Bertz CT molecular complexity index is 2330. The summed E-state index contributed by atoms with van der Waals surface area (Å²) in [4.78, 5) is 12.6. The second-order valence-corrected chi connectivity index (χ2v) is 29.5. The molecule has 0 aliphatic carbocycles. The van der Waals surface area contributed by atoms with E-state index in [1.54, 1.807) is 0 Å². The maximum atomic E-state index is 12.6. The van der Waals surface area contributed by atoms with E-state index in [0.29, 0.717) is 18.8 Å². The molecular weight excluding hydrogens is 867 g/mol. The number of ether oxygens (including phenoxy) is 1. The Kier molecular flexibility index (Phi) is 18.9. The molecule has 3 N–H and O–H groups in total. The number of aromatic hydroxyl groups is 1. The normalized spacial score (nSPS) is 15.9. The first-order valence-corrected chi connectivity index (χ1v) is 29.3. The summed E-state index contributed by atoms with van der Waals surface area (Å²) in [5, 5.41) is 31.0. The molecule has 2 unspecified atom stereocenters. The Hall–Kier alpha value is -3.91. The number of phenols is 1. The van der Waals surface area contributed by atoms with Crippen LogP contribution < -0.4 is 4.74 Å². The van der Waals surface area contributed by atoms with E-state index >= 15 is 0 Å². The van der Waals surface area contributed by atoms with E-state index in [2.05, 4.69) is 195 Å². The largest absolute Gasteiger partial charge is 0.508 e. The second kappa shape index (κ2) is 22.7. The quantitative estimate of drug-likeness (QED) is 0.0683. The highest BCUT2D eigenvalue weighted by molar-refractivity contribution is 6.80. The van der Waals surface area contributed by atoms with Gasteiger partial charge in [-0.15, -0.1) is 0 Å². The molecule has 3 atom stereocenters. The van der Waals surface area contributed by atoms with Gasteiger partial charge in [-0.3, -0.25) is 4.79 Å². The van der Waals surface area contributed by atoms with E-state index in [0.717, 1.165) is 68.2 Å². The molecule has 7 heteroatoms. The third-order valence-corrected chi connectivity index (χ3v) is 22.5. The molecule has 1 fully saturated rings. The van der Waals surface area contributed by atoms with Crippen LogP contribution in [0, 0.1) is 38.5 Å². The van der Waals surface area contributed by atoms with Crippen LogP contribution in [0.4, 0.5) is 0 Å². The number of hydrogen-bond acceptors (Lipinski definition) is 5. The summed E-state index contributed by atoms with van der Waals surface area (Å²) in [6.07, 6.45) is 7.37. The predicted octanol–water partition coefficient (Wildman–Crippen LogP) is 15.2. The number of aliphatic hydroxyl groups is 2. The Morgan fingerprint density at radius 1 is 0.594 bits per heavy atom. The standard InChI is InChI=1S/C36H57NO3Si.C26H38O2/c1-13-36(14-2,28-17-15-27(25(3)21-28)16-20-32(38)34(5,6)7)29-18-19-31(26(4)22-29)40-24-30-23-33(39)37(30)41(11,12)35(8,9)10;1-8-26(9-2,22-13-14-23(27)19(4)17-22)21-12-10-20(18(3)16-21)11-15-24(28)25(5,6)7/h15,17-19,21-22,30,32,38H,13-14,16,20,23-24H2,1-12H3;10,12-14,16-17,24,27-28H,8-9,11,15H2,1-7H3/t30-,32?;/m1./s1. The van der Waals surface area contributed by atoms with E-state index in [1.165, 1.54) is 44.5 Å². The predicted molar refractivity (Wildman–Crippen MR) is 295 cm³/mol. The molecular formula is C62H95NO5Si. The zero-order chi connectivity index (χ0) is 52.1. The number of phenolic OH excluding ortho intramolecular Hbond substituents is 1. The van der Waals surface area contributed by atoms with Crippen molar-refractivity contribution in [2.75, 3.05) is 6.61 Å². The molecule has 4 aromatic carbocycles. The lowest BCUT2D eigenvalue weighted by molar-refractivity contribution is -0.140. The molecule has 382 valence electrons. The summed E-state index contributed by atoms with van der Waals surface area (Å²) in [5.41, 5.74) is 12.3. The number of amides is 1. The number of β-lactam (4-membered cyclic amide) rings is 1. The average Bonchev–Trinajstić information content (AvgIpc) is 3.26. The zero-order valence-corrected chi connectivity index (χ0v) is 47.8. The van der Waals surface area contributed by atoms with E-state index in [1.807, 2.05) is 13.0 Å². The van der Waals surface area contributed by atoms with Gasteiger partial charge in [0.2, 0.25) is 5.91 Å². The summed E-state index contributed by atoms with van der Waals surface area (Å²) in [6, 6.07) is 26.7. The van der Waals surface area contributed by atoms with Gasteiger partial charge in [-0.05, 0) is 163 Å². The van der Waals surface area contributed by atoms with E-state index in [4.69, 9.17) is 4.74 Å². The Labute approximate surface area is 421 Å². The summed E-state index contributed by atoms with van der Waals surface area (Å²) in [5.74, 6) is 1.54. The maximum Gasteiger partial charge on any atom is 0.217 e. The number of aryl methyl sites for hydroxylation is 6. The first kappa shape index (κ1) is 57.7. The number of hydrogen-bond donors (Lipinski definition) is 3. The van der Waals surface area contributed by atoms with Crippen molar-refractivity contribution in [3.05, 3.63) is 128 Å². The molecule has 0 radical (unpaired) electrons. The number of rotatable bonds is 18. The van der Waals surface area contributed by atoms with Crippen molar-refractivity contribution in [3.8, 4) is 11.5 Å². The molecule has 1 aliphatic rings. The molecule has 4 aromatic rings. The van der Waals surface area contributed by atoms with Crippen molar-refractivity contribution in [2.45, 2.75) is 223 Å². The van der Waals surface area contributed by atoms with Gasteiger partial charge in [0.1, 0.15) is 18.1 Å². The highest BCUT2D eigenvalue weighted by Gasteiger charge is 2.52. The maximum absolute atomic E-state index is 12.6. The monoisotopic (exact) mass is 962 g/mol. The molecule has 0 bridgehead atoms. The average molecular weight is 963 g/mol. The van der Waals surface area contributed by atoms with Gasteiger partial charge in [0.15, 0.2) is 8.24 Å². The van der Waals surface area contributed by atoms with Crippen LogP contribution >= 0.6 is 0 Å². The smallest absolute Gasteiger partial charge is 0.217 e. The number of aliphatic hydroxyl groups excluding tert-OH is 2. The fraction of sp³-hybridized carbons (Fsp3) is 0.597. The van der Waals surface area contributed by atoms with Crippen LogP contribution in [0.15, 0.2) is 72.8 Å². The summed E-state index contributed by atoms with van der Waals surface area (Å²) >= 11 is 0. The van der Waals surface area contributed by atoms with Crippen LogP contribution in [0.5, 0.6) is 11.5 Å². The van der Waals surface area contributed by atoms with Gasteiger partial charge in [-0.2, -0.15) is 0 Å². The topological polar surface area (TPSA) is 90.2 Å². The molecule has 1 saturated heterocycles. The SMILES string of the molecule is CCC(CC)(c1ccc(CCC(O)C(C)(C)C)c(C)c1)c1ccc(OC[C@H]2CC(=O)N2[Si](C)(C)C(C)(C)C)c(C)c1.CCC(CC)(c1ccc(O)c(C)c1)c1ccc(CCC(O)C(C)(C)C)c(C)c1. The number of benzene rings is 4. The summed E-state index contributed by atoms with van der Waals surface area (Å²) in [7, 11) is -1.92. The van der Waals surface area contributed by atoms with Crippen molar-refractivity contribution in [2.24, 2.45) is 10.8 Å². The molecule has 0 aromatic heterocycles. The molecule has 69 heavy (non-hydrogen) atoms. The van der Waals surface area contributed by atoms with Gasteiger partial charge in [-0.25, -0.2) is 0 Å². The molecule has 0 spiro atoms. The lowest BCUT2D eigenvalue weighted by Crippen LogP contribution is -2.69. The fourth-order valence-corrected chi connectivity index (χ4v) is 13.0. The third kappa shape index (κ3) is 13.0. The van der Waals surface area contributed by atoms with Crippen LogP contribution in [0.1, 0.15) is 191 Å². The fourth-order valence-electron chi connectivity index (χ4n) is 10.5. The minimum Gasteiger partial charge on any atom is -0.508 e. The highest BCUT2D eigenvalue weighted by Crippen LogP contribution is 2.45. The first-order valence-electron chi connectivity index (χ1n) is 26.4. The van der Waals surface area contributed by atoms with Crippen molar-refractivity contribution in [3.63, 3.8) is 0 Å². The Morgan fingerprint density at radius 2 is 0.971 bits per heavy atom. The summed E-state index contributed by atoms with van der Waals surface area (Å²) in [6.45, 7) is 42.0. The molecule has 6 nitrogen and oxygen atoms in total. The van der Waals surface area contributed by atoms with Crippen LogP contribution in [-0.4, -0.2) is 58.9 Å². The van der Waals surface area contributed by atoms with Gasteiger partial charge < -0.3 is 24.6 Å². The van der Waals surface area contributed by atoms with Gasteiger partial charge in [0.05, 0.1) is 18.2 Å². The van der Waals surface area contributed by atoms with Crippen LogP contribution in [0.25, 0.3) is 0 Å². The van der Waals surface area contributed by atoms with E-state index < -0.39 is 8.24 Å². The van der Waals surface area contributed by atoms with Gasteiger partial charge in [-0.1, -0.05) is 164 Å². The summed E-state index contributed by atoms with van der Waals surface area (Å²) < 4.78 is 8.55. The lowest BCUT2D eigenvalue weighted by Gasteiger charge is -2.54. The number of carbonyl (C=O) groups is 1. The second-order valence-electron chi connectivity index (χ2n) is 24.4. The third-order valence-electron chi connectivity index (χ3n) is 17.0. The lowest BCUT2D eigenvalue weighted by atomic mass is 9.69. The Balaban J connectivity index is 0.000000323. The minimum absolute atomic E-state index is 0.0489. The van der Waals surface area contributed by atoms with Crippen molar-refractivity contribution in [1.29, 1.82) is 0 Å². The van der Waals surface area contributed by atoms with E-state index in [9.17, 15) is 20.1 Å². The van der Waals surface area contributed by atoms with Crippen LogP contribution in [-0.2, 0) is 28.5 Å². The number of carbonyl (C=O) groups excluding carboxylic acids is 1. The van der Waals surface area contributed by atoms with Gasteiger partial charge in [0.25, 0.3) is 0 Å². The molecule has 5 rings (SSSR count). The molecule has 1 aliphatic heterocycles. The number of nitrogens with zero attached hydrogens (tertiary/aromatic N) is 1. The highest BCUT2D eigenvalue weighted by atomic mass is 28.3. The van der Waals surface area contributed by atoms with Gasteiger partial charge in [0, 0.05) is 17.3 Å². The van der Waals surface area contributed by atoms with Crippen molar-refractivity contribution < 1.29 is 24.9 Å². The van der Waals surface area contributed by atoms with Gasteiger partial charge >= 0.3 is 0 Å². The Morgan fingerprint density at radius 3 is 1.30 bits per heavy atom. The van der Waals surface area contributed by atoms with E-state index in [-0.39, 0.29) is 50.9 Å². The van der Waals surface area contributed by atoms with Crippen LogP contribution in [0.3, 0.4) is 0 Å². The first-order chi connectivity index (χ1) is 31.9. The molecule has 0 saturated carbocycles. The minimum atomic E-state index is -1.92. The van der Waals surface area contributed by atoms with Crippen molar-refractivity contribution in [1.82, 2.24) is 4.57 Å². The molecule has 1 heterocycles. The molecule has 1 amide bonds. The zero-order valence-electron chi connectivity index (χ0n) is 46.8. The van der Waals surface area contributed by atoms with Crippen molar-refractivity contribution >= 4 is 14.1 Å². The van der Waals surface area contributed by atoms with Crippen LogP contribution in [0.2, 0.25) is 18.1 Å².